The lowest BCUT2D eigenvalue weighted by Gasteiger charge is -2.46. The Balaban J connectivity index is 1.93. The van der Waals surface area contributed by atoms with Crippen LogP contribution in [-0.2, 0) is 18.4 Å². The van der Waals surface area contributed by atoms with E-state index in [-0.39, 0.29) is 34.7 Å². The van der Waals surface area contributed by atoms with Gasteiger partial charge in [-0.05, 0) is 33.5 Å². The first-order chi connectivity index (χ1) is 15.8. The highest BCUT2D eigenvalue weighted by Gasteiger charge is 2.52. The Morgan fingerprint density at radius 1 is 0.853 bits per heavy atom. The Labute approximate surface area is 208 Å². The van der Waals surface area contributed by atoms with E-state index in [1.54, 1.807) is 0 Å². The molecule has 0 saturated carbocycles. The number of hydrogen-bond donors (Lipinski definition) is 0. The predicted molar refractivity (Wildman–Crippen MR) is 145 cm³/mol. The number of ether oxygens (including phenoxy) is 1. The molecular weight excluding hydrogens is 456 g/mol. The van der Waals surface area contributed by atoms with Crippen LogP contribution < -0.4 is 10.4 Å². The summed E-state index contributed by atoms with van der Waals surface area (Å²) in [6.07, 6.45) is 0.450. The summed E-state index contributed by atoms with van der Waals surface area (Å²) < 4.78 is 19.4. The average Bonchev–Trinajstić information content (AvgIpc) is 2.75. The molecule has 1 aliphatic heterocycles. The molecule has 1 heterocycles. The van der Waals surface area contributed by atoms with E-state index in [2.05, 4.69) is 103 Å². The quantitative estimate of drug-likeness (QED) is 0.365. The molecule has 2 aromatic rings. The van der Waals surface area contributed by atoms with Gasteiger partial charge in [-0.25, -0.2) is 0 Å². The third-order valence-electron chi connectivity index (χ3n) is 7.41. The molecule has 0 amide bonds. The number of benzene rings is 2. The van der Waals surface area contributed by atoms with E-state index in [1.165, 1.54) is 10.4 Å². The van der Waals surface area contributed by atoms with Crippen molar-refractivity contribution in [3.63, 3.8) is 0 Å². The normalized spacial score (nSPS) is 20.2. The molecular formula is C28H42O4Si2. The van der Waals surface area contributed by atoms with E-state index in [0.29, 0.717) is 13.0 Å². The molecule has 6 heteroatoms. The molecule has 0 aromatic heterocycles. The standard InChI is InChI=1S/C28H42O4Si2/c1-27(2,3)33(7,8)30-21-23-19-22(20-26(29)31-23)32-34(28(4,5)6,24-15-11-9-12-16-24)25-17-13-10-14-18-25/h9-18,22-23H,19-21H2,1-8H3/t22-,23-/m0/s1. The lowest BCUT2D eigenvalue weighted by atomic mass is 10.1. The lowest BCUT2D eigenvalue weighted by Crippen LogP contribution is -2.68. The molecule has 0 spiro atoms. The zero-order valence-corrected chi connectivity index (χ0v) is 24.2. The Kier molecular flexibility index (Phi) is 7.97. The first-order valence-corrected chi connectivity index (χ1v) is 17.2. The number of hydrogen-bond acceptors (Lipinski definition) is 4. The minimum Gasteiger partial charge on any atom is -0.460 e. The Bertz CT molecular complexity index is 906. The summed E-state index contributed by atoms with van der Waals surface area (Å²) in [4.78, 5) is 12.7. The fourth-order valence-electron chi connectivity index (χ4n) is 4.50. The van der Waals surface area contributed by atoms with Gasteiger partial charge in [-0.3, -0.25) is 4.79 Å². The summed E-state index contributed by atoms with van der Waals surface area (Å²) in [7, 11) is -4.66. The van der Waals surface area contributed by atoms with Gasteiger partial charge in [-0.2, -0.15) is 0 Å². The van der Waals surface area contributed by atoms with E-state index >= 15 is 0 Å². The molecule has 34 heavy (non-hydrogen) atoms. The highest BCUT2D eigenvalue weighted by Crippen LogP contribution is 2.40. The van der Waals surface area contributed by atoms with Crippen LogP contribution in [0.15, 0.2) is 60.7 Å². The molecule has 0 bridgehead atoms. The van der Waals surface area contributed by atoms with Gasteiger partial charge in [-0.15, -0.1) is 0 Å². The third-order valence-corrected chi connectivity index (χ3v) is 17.0. The van der Waals surface area contributed by atoms with E-state index in [4.69, 9.17) is 13.6 Å². The van der Waals surface area contributed by atoms with Gasteiger partial charge in [0, 0.05) is 6.42 Å². The number of esters is 1. The zero-order chi connectivity index (χ0) is 25.2. The van der Waals surface area contributed by atoms with E-state index in [9.17, 15) is 4.79 Å². The van der Waals surface area contributed by atoms with Crippen molar-refractivity contribution in [1.29, 1.82) is 0 Å². The van der Waals surface area contributed by atoms with Gasteiger partial charge >= 0.3 is 5.97 Å². The summed E-state index contributed by atoms with van der Waals surface area (Å²) in [6, 6.07) is 21.2. The summed E-state index contributed by atoms with van der Waals surface area (Å²) in [5.41, 5.74) is 0. The van der Waals surface area contributed by atoms with Crippen LogP contribution in [0.1, 0.15) is 54.4 Å². The van der Waals surface area contributed by atoms with Crippen LogP contribution in [0.2, 0.25) is 23.2 Å². The van der Waals surface area contributed by atoms with E-state index < -0.39 is 16.6 Å². The molecule has 1 aliphatic rings. The van der Waals surface area contributed by atoms with Crippen LogP contribution >= 0.6 is 0 Å². The van der Waals surface area contributed by atoms with Crippen molar-refractivity contribution < 1.29 is 18.4 Å². The molecule has 2 aromatic carbocycles. The van der Waals surface area contributed by atoms with Crippen molar-refractivity contribution in [2.75, 3.05) is 6.61 Å². The van der Waals surface area contributed by atoms with E-state index in [0.717, 1.165) is 0 Å². The Morgan fingerprint density at radius 2 is 1.35 bits per heavy atom. The highest BCUT2D eigenvalue weighted by atomic mass is 28.4. The fourth-order valence-corrected chi connectivity index (χ4v) is 10.2. The lowest BCUT2D eigenvalue weighted by molar-refractivity contribution is -0.161. The topological polar surface area (TPSA) is 44.8 Å². The first-order valence-electron chi connectivity index (χ1n) is 12.4. The number of carbonyl (C=O) groups is 1. The third kappa shape index (κ3) is 5.73. The smallest absolute Gasteiger partial charge is 0.308 e. The molecule has 2 atom stereocenters. The number of cyclic esters (lactones) is 1. The van der Waals surface area contributed by atoms with Crippen LogP contribution in [0, 0.1) is 0 Å². The van der Waals surface area contributed by atoms with Gasteiger partial charge in [0.05, 0.1) is 19.1 Å². The van der Waals surface area contributed by atoms with Crippen LogP contribution in [0.4, 0.5) is 0 Å². The Morgan fingerprint density at radius 3 is 1.79 bits per heavy atom. The second-order valence-corrected chi connectivity index (χ2v) is 21.1. The van der Waals surface area contributed by atoms with Gasteiger partial charge < -0.3 is 13.6 Å². The minimum atomic E-state index is -2.73. The molecule has 186 valence electrons. The van der Waals surface area contributed by atoms with Gasteiger partial charge in [0.1, 0.15) is 6.10 Å². The number of rotatable bonds is 7. The Hall–Kier alpha value is -1.74. The average molecular weight is 499 g/mol. The second kappa shape index (κ2) is 10.1. The summed E-state index contributed by atoms with van der Waals surface area (Å²) in [6.45, 7) is 18.4. The van der Waals surface area contributed by atoms with Crippen molar-refractivity contribution in [1.82, 2.24) is 0 Å². The maximum atomic E-state index is 12.7. The molecule has 3 rings (SSSR count). The summed E-state index contributed by atoms with van der Waals surface area (Å²) in [5, 5.41) is 2.42. The van der Waals surface area contributed by atoms with Crippen molar-refractivity contribution in [2.24, 2.45) is 0 Å². The van der Waals surface area contributed by atoms with E-state index in [1.807, 2.05) is 12.1 Å². The maximum Gasteiger partial charge on any atom is 0.308 e. The zero-order valence-electron chi connectivity index (χ0n) is 22.2. The maximum absolute atomic E-state index is 12.7. The molecule has 0 N–H and O–H groups in total. The SMILES string of the molecule is CC(C)(C)[Si](C)(C)OC[C@@H]1C[C@H](O[Si](c2ccccc2)(c2ccccc2)C(C)(C)C)CC(=O)O1. The van der Waals surface area contributed by atoms with Crippen LogP contribution in [0.5, 0.6) is 0 Å². The van der Waals surface area contributed by atoms with Crippen LogP contribution in [0.25, 0.3) is 0 Å². The predicted octanol–water partition coefficient (Wildman–Crippen LogP) is 5.66. The molecule has 1 saturated heterocycles. The van der Waals surface area contributed by atoms with Crippen molar-refractivity contribution in [3.8, 4) is 0 Å². The van der Waals surface area contributed by atoms with Crippen molar-refractivity contribution in [3.05, 3.63) is 60.7 Å². The van der Waals surface area contributed by atoms with Gasteiger partial charge in [-0.1, -0.05) is 102 Å². The largest absolute Gasteiger partial charge is 0.460 e. The van der Waals surface area contributed by atoms with Gasteiger partial charge in [0.2, 0.25) is 0 Å². The first kappa shape index (κ1) is 26.9. The minimum absolute atomic E-state index is 0.108. The molecule has 0 aliphatic carbocycles. The molecule has 0 radical (unpaired) electrons. The molecule has 0 unspecified atom stereocenters. The molecule has 1 fully saturated rings. The van der Waals surface area contributed by atoms with Gasteiger partial charge in [0.25, 0.3) is 8.32 Å². The van der Waals surface area contributed by atoms with Crippen molar-refractivity contribution in [2.45, 2.75) is 89.8 Å². The second-order valence-electron chi connectivity index (χ2n) is 12.0. The summed E-state index contributed by atoms with van der Waals surface area (Å²) >= 11 is 0. The fraction of sp³-hybridized carbons (Fsp3) is 0.536. The highest BCUT2D eigenvalue weighted by molar-refractivity contribution is 6.99. The number of carbonyl (C=O) groups excluding carboxylic acids is 1. The summed E-state index contributed by atoms with van der Waals surface area (Å²) in [5.74, 6) is -0.196. The molecule has 4 nitrogen and oxygen atoms in total. The van der Waals surface area contributed by atoms with Crippen LogP contribution in [-0.4, -0.2) is 41.4 Å². The van der Waals surface area contributed by atoms with Crippen molar-refractivity contribution >= 4 is 33.0 Å². The monoisotopic (exact) mass is 498 g/mol. The van der Waals surface area contributed by atoms with Gasteiger partial charge in [0.15, 0.2) is 8.32 Å². The van der Waals surface area contributed by atoms with Crippen LogP contribution in [0.3, 0.4) is 0 Å².